The van der Waals surface area contributed by atoms with Crippen LogP contribution in [0.4, 0.5) is 0 Å². The predicted octanol–water partition coefficient (Wildman–Crippen LogP) is 7.21. The number of unbranched alkanes of at least 4 members (excludes halogenated alkanes) is 12. The molecule has 0 fully saturated rings. The van der Waals surface area contributed by atoms with Gasteiger partial charge in [-0.1, -0.05) is 76.5 Å². The van der Waals surface area contributed by atoms with Crippen LogP contribution >= 0.6 is 0 Å². The zero-order valence-electron chi connectivity index (χ0n) is 13.3. The smallest absolute Gasteiger partial charge is 0.0351 e. The van der Waals surface area contributed by atoms with Gasteiger partial charge in [-0.05, 0) is 38.5 Å². The minimum absolute atomic E-state index is 1.20. The quantitative estimate of drug-likeness (QED) is 0.216. The summed E-state index contributed by atoms with van der Waals surface area (Å²) in [5.74, 6) is 0. The van der Waals surface area contributed by atoms with E-state index in [1.54, 1.807) is 0 Å². The number of rotatable bonds is 15. The van der Waals surface area contributed by atoms with E-state index in [0.717, 1.165) is 0 Å². The molecule has 112 valence electrons. The van der Waals surface area contributed by atoms with E-state index in [4.69, 9.17) is 0 Å². The summed E-state index contributed by atoms with van der Waals surface area (Å²) in [6.45, 7) is 6.03. The van der Waals surface area contributed by atoms with Gasteiger partial charge in [-0.2, -0.15) is 0 Å². The molecule has 0 aromatic heterocycles. The molecule has 0 rings (SSSR count). The Morgan fingerprint density at radius 2 is 1.00 bits per heavy atom. The summed E-state index contributed by atoms with van der Waals surface area (Å²) in [6, 6.07) is 0. The maximum Gasteiger partial charge on any atom is -0.0351 e. The van der Waals surface area contributed by atoms with Crippen molar-refractivity contribution >= 4 is 0 Å². The van der Waals surface area contributed by atoms with Gasteiger partial charge in [0, 0.05) is 0 Å². The van der Waals surface area contributed by atoms with Crippen LogP contribution in [0, 0.1) is 0 Å². The van der Waals surface area contributed by atoms with Gasteiger partial charge in [-0.25, -0.2) is 0 Å². The van der Waals surface area contributed by atoms with Crippen molar-refractivity contribution in [3.05, 3.63) is 24.8 Å². The van der Waals surface area contributed by atoms with Crippen LogP contribution in [0.1, 0.15) is 96.8 Å². The van der Waals surface area contributed by atoms with Crippen molar-refractivity contribution in [2.75, 3.05) is 0 Å². The molecule has 0 heteroatoms. The second-order valence-electron chi connectivity index (χ2n) is 5.66. The summed E-state index contributed by atoms with van der Waals surface area (Å²) in [4.78, 5) is 0. The van der Waals surface area contributed by atoms with E-state index in [9.17, 15) is 0 Å². The third kappa shape index (κ3) is 17.5. The molecule has 0 aliphatic carbocycles. The van der Waals surface area contributed by atoms with Gasteiger partial charge in [0.2, 0.25) is 0 Å². The number of hydrogen-bond acceptors (Lipinski definition) is 0. The van der Waals surface area contributed by atoms with Crippen molar-refractivity contribution in [2.24, 2.45) is 0 Å². The minimum atomic E-state index is 1.20. The largest absolute Gasteiger partial charge is 0.103 e. The highest BCUT2D eigenvalue weighted by molar-refractivity contribution is 4.81. The zero-order valence-corrected chi connectivity index (χ0v) is 13.3. The molecule has 0 bridgehead atoms. The molecule has 0 unspecified atom stereocenters. The van der Waals surface area contributed by atoms with Crippen LogP contribution in [0.15, 0.2) is 24.8 Å². The van der Waals surface area contributed by atoms with Gasteiger partial charge in [0.15, 0.2) is 0 Å². The van der Waals surface area contributed by atoms with Crippen LogP contribution in [-0.4, -0.2) is 0 Å². The molecule has 0 aromatic rings. The van der Waals surface area contributed by atoms with Gasteiger partial charge in [-0.15, -0.1) is 6.58 Å². The van der Waals surface area contributed by atoms with E-state index in [-0.39, 0.29) is 0 Å². The Morgan fingerprint density at radius 1 is 0.579 bits per heavy atom. The standard InChI is InChI=1S/C19H36/c1-3-5-7-9-11-13-15-17-19-18-16-14-12-10-8-6-4-2/h3,16,18H,1,4-15,17,19H2,2H3/b18-16+. The average Bonchev–Trinajstić information content (AvgIpc) is 2.43. The first-order chi connectivity index (χ1) is 9.41. The van der Waals surface area contributed by atoms with E-state index in [0.29, 0.717) is 0 Å². The summed E-state index contributed by atoms with van der Waals surface area (Å²) < 4.78 is 0. The Hall–Kier alpha value is -0.520. The van der Waals surface area contributed by atoms with Crippen molar-refractivity contribution in [2.45, 2.75) is 96.8 Å². The Labute approximate surface area is 122 Å². The molecule has 0 atom stereocenters. The molecular weight excluding hydrogens is 228 g/mol. The summed E-state index contributed by atoms with van der Waals surface area (Å²) in [6.07, 6.45) is 26.0. The van der Waals surface area contributed by atoms with Crippen molar-refractivity contribution in [1.29, 1.82) is 0 Å². The molecule has 0 saturated heterocycles. The normalized spacial score (nSPS) is 11.2. The first kappa shape index (κ1) is 18.5. The fraction of sp³-hybridized carbons (Fsp3) is 0.789. The van der Waals surface area contributed by atoms with Crippen LogP contribution in [0.3, 0.4) is 0 Å². The topological polar surface area (TPSA) is 0 Å². The Kier molecular flexibility index (Phi) is 17.0. The maximum atomic E-state index is 3.76. The number of allylic oxidation sites excluding steroid dienone is 3. The lowest BCUT2D eigenvalue weighted by Gasteiger charge is -1.99. The summed E-state index contributed by atoms with van der Waals surface area (Å²) in [5, 5.41) is 0. The minimum Gasteiger partial charge on any atom is -0.103 e. The summed E-state index contributed by atoms with van der Waals surface area (Å²) in [7, 11) is 0. The van der Waals surface area contributed by atoms with Gasteiger partial charge in [0.1, 0.15) is 0 Å². The average molecular weight is 264 g/mol. The second kappa shape index (κ2) is 17.5. The predicted molar refractivity (Wildman–Crippen MR) is 89.6 cm³/mol. The lowest BCUT2D eigenvalue weighted by molar-refractivity contribution is 0.599. The Morgan fingerprint density at radius 3 is 1.47 bits per heavy atom. The molecule has 0 heterocycles. The third-order valence-electron chi connectivity index (χ3n) is 3.67. The van der Waals surface area contributed by atoms with Crippen LogP contribution in [-0.2, 0) is 0 Å². The lowest BCUT2D eigenvalue weighted by atomic mass is 10.1. The van der Waals surface area contributed by atoms with Crippen molar-refractivity contribution in [3.8, 4) is 0 Å². The summed E-state index contributed by atoms with van der Waals surface area (Å²) in [5.41, 5.74) is 0. The maximum absolute atomic E-state index is 3.76. The first-order valence-corrected chi connectivity index (χ1v) is 8.67. The van der Waals surface area contributed by atoms with E-state index in [2.05, 4.69) is 25.7 Å². The molecular formula is C19H36. The molecule has 0 aromatic carbocycles. The molecule has 0 radical (unpaired) electrons. The van der Waals surface area contributed by atoms with E-state index < -0.39 is 0 Å². The fourth-order valence-electron chi connectivity index (χ4n) is 2.36. The van der Waals surface area contributed by atoms with Gasteiger partial charge < -0.3 is 0 Å². The van der Waals surface area contributed by atoms with Crippen LogP contribution in [0.25, 0.3) is 0 Å². The van der Waals surface area contributed by atoms with Crippen LogP contribution < -0.4 is 0 Å². The highest BCUT2D eigenvalue weighted by Gasteiger charge is 1.90. The van der Waals surface area contributed by atoms with E-state index >= 15 is 0 Å². The molecule has 0 nitrogen and oxygen atoms in total. The molecule has 0 aliphatic rings. The molecule has 19 heavy (non-hydrogen) atoms. The van der Waals surface area contributed by atoms with Crippen molar-refractivity contribution < 1.29 is 0 Å². The number of hydrogen-bond donors (Lipinski definition) is 0. The lowest BCUT2D eigenvalue weighted by Crippen LogP contribution is -1.79. The second-order valence-corrected chi connectivity index (χ2v) is 5.66. The molecule has 0 N–H and O–H groups in total. The highest BCUT2D eigenvalue weighted by Crippen LogP contribution is 2.10. The molecule has 0 aliphatic heterocycles. The van der Waals surface area contributed by atoms with Crippen molar-refractivity contribution in [1.82, 2.24) is 0 Å². The zero-order chi connectivity index (χ0) is 14.0. The third-order valence-corrected chi connectivity index (χ3v) is 3.67. The Balaban J connectivity index is 3.02. The van der Waals surface area contributed by atoms with Gasteiger partial charge in [0.25, 0.3) is 0 Å². The molecule has 0 amide bonds. The SMILES string of the molecule is C=CCCCCCCCC/C=C/CCCCCCC. The fourth-order valence-corrected chi connectivity index (χ4v) is 2.36. The summed E-state index contributed by atoms with van der Waals surface area (Å²) >= 11 is 0. The van der Waals surface area contributed by atoms with Gasteiger partial charge >= 0.3 is 0 Å². The van der Waals surface area contributed by atoms with Gasteiger partial charge in [0.05, 0.1) is 0 Å². The van der Waals surface area contributed by atoms with Crippen molar-refractivity contribution in [3.63, 3.8) is 0 Å². The van der Waals surface area contributed by atoms with E-state index in [1.807, 2.05) is 6.08 Å². The Bertz CT molecular complexity index is 190. The highest BCUT2D eigenvalue weighted by atomic mass is 14.0. The molecule has 0 spiro atoms. The van der Waals surface area contributed by atoms with Gasteiger partial charge in [-0.3, -0.25) is 0 Å². The van der Waals surface area contributed by atoms with E-state index in [1.165, 1.54) is 89.9 Å². The molecule has 0 saturated carbocycles. The van der Waals surface area contributed by atoms with Crippen LogP contribution in [0.2, 0.25) is 0 Å². The monoisotopic (exact) mass is 264 g/mol. The first-order valence-electron chi connectivity index (χ1n) is 8.67. The van der Waals surface area contributed by atoms with Crippen LogP contribution in [0.5, 0.6) is 0 Å².